The van der Waals surface area contributed by atoms with Crippen molar-refractivity contribution in [2.24, 2.45) is 0 Å². The first-order valence-electron chi connectivity index (χ1n) is 8.52. The fraction of sp³-hybridized carbons (Fsp3) is 0.300. The molecule has 0 saturated carbocycles. The molecule has 5 heteroatoms. The molecule has 0 bridgehead atoms. The van der Waals surface area contributed by atoms with Gasteiger partial charge in [-0.3, -0.25) is 9.67 Å². The van der Waals surface area contributed by atoms with Crippen molar-refractivity contribution in [3.63, 3.8) is 0 Å². The summed E-state index contributed by atoms with van der Waals surface area (Å²) in [6.45, 7) is 6.47. The number of hydrogen-bond acceptors (Lipinski definition) is 4. The molecule has 0 unspecified atom stereocenters. The molecule has 0 saturated heterocycles. The van der Waals surface area contributed by atoms with Crippen LogP contribution in [0.3, 0.4) is 0 Å². The maximum atomic E-state index is 5.79. The van der Waals surface area contributed by atoms with Crippen molar-refractivity contribution in [1.29, 1.82) is 0 Å². The van der Waals surface area contributed by atoms with Crippen LogP contribution in [0.5, 0.6) is 5.75 Å². The Morgan fingerprint density at radius 3 is 2.52 bits per heavy atom. The lowest BCUT2D eigenvalue weighted by Gasteiger charge is -2.14. The standard InChI is InChI=1S/C20H24N4O/c1-16-11-23-24(13-16)14-17(2)22-12-18-3-5-20(6-4-18)25-15-19-7-9-21-10-8-19/h3-11,13,17,22H,12,14-15H2,1-2H3/t17-/m0/s1. The molecule has 0 fully saturated rings. The molecule has 25 heavy (non-hydrogen) atoms. The third-order valence-electron chi connectivity index (χ3n) is 3.96. The minimum atomic E-state index is 0.349. The minimum absolute atomic E-state index is 0.349. The van der Waals surface area contributed by atoms with E-state index < -0.39 is 0 Å². The average molecular weight is 336 g/mol. The Morgan fingerprint density at radius 1 is 1.08 bits per heavy atom. The molecule has 0 aliphatic carbocycles. The molecule has 3 aromatic rings. The van der Waals surface area contributed by atoms with Gasteiger partial charge in [-0.25, -0.2) is 0 Å². The summed E-state index contributed by atoms with van der Waals surface area (Å²) >= 11 is 0. The van der Waals surface area contributed by atoms with Gasteiger partial charge >= 0.3 is 0 Å². The van der Waals surface area contributed by atoms with Crippen molar-refractivity contribution in [1.82, 2.24) is 20.1 Å². The minimum Gasteiger partial charge on any atom is -0.489 e. The van der Waals surface area contributed by atoms with E-state index in [9.17, 15) is 0 Å². The van der Waals surface area contributed by atoms with E-state index in [-0.39, 0.29) is 0 Å². The molecule has 2 heterocycles. The van der Waals surface area contributed by atoms with Crippen LogP contribution < -0.4 is 10.1 Å². The van der Waals surface area contributed by atoms with E-state index in [2.05, 4.69) is 47.6 Å². The number of nitrogens with zero attached hydrogens (tertiary/aromatic N) is 3. The number of aryl methyl sites for hydroxylation is 1. The molecular formula is C20H24N4O. The fourth-order valence-corrected chi connectivity index (χ4v) is 2.55. The monoisotopic (exact) mass is 336 g/mol. The van der Waals surface area contributed by atoms with Crippen LogP contribution in [0, 0.1) is 6.92 Å². The van der Waals surface area contributed by atoms with Gasteiger partial charge in [0.2, 0.25) is 0 Å². The lowest BCUT2D eigenvalue weighted by molar-refractivity contribution is 0.306. The number of benzene rings is 1. The normalized spacial score (nSPS) is 12.1. The molecular weight excluding hydrogens is 312 g/mol. The molecule has 0 amide bonds. The lowest BCUT2D eigenvalue weighted by Crippen LogP contribution is -2.30. The number of rotatable bonds is 8. The van der Waals surface area contributed by atoms with Crippen LogP contribution in [0.1, 0.15) is 23.6 Å². The summed E-state index contributed by atoms with van der Waals surface area (Å²) in [4.78, 5) is 4.01. The van der Waals surface area contributed by atoms with Crippen LogP contribution in [0.25, 0.3) is 0 Å². The summed E-state index contributed by atoms with van der Waals surface area (Å²) in [5, 5.41) is 7.85. The zero-order valence-corrected chi connectivity index (χ0v) is 14.7. The Hall–Kier alpha value is -2.66. The average Bonchev–Trinajstić information content (AvgIpc) is 3.04. The molecule has 2 aromatic heterocycles. The molecule has 0 aliphatic rings. The summed E-state index contributed by atoms with van der Waals surface area (Å²) in [6, 6.07) is 12.5. The highest BCUT2D eigenvalue weighted by Crippen LogP contribution is 2.14. The lowest BCUT2D eigenvalue weighted by atomic mass is 10.2. The number of aromatic nitrogens is 3. The smallest absolute Gasteiger partial charge is 0.119 e. The molecule has 0 aliphatic heterocycles. The second-order valence-electron chi connectivity index (χ2n) is 6.31. The number of ether oxygens (including phenoxy) is 1. The van der Waals surface area contributed by atoms with Gasteiger partial charge in [0.05, 0.1) is 12.7 Å². The molecule has 130 valence electrons. The predicted octanol–water partition coefficient (Wildman–Crippen LogP) is 3.34. The Balaban J connectivity index is 1.44. The Kier molecular flexibility index (Phi) is 5.80. The summed E-state index contributed by atoms with van der Waals surface area (Å²) in [5.41, 5.74) is 3.54. The fourth-order valence-electron chi connectivity index (χ4n) is 2.55. The summed E-state index contributed by atoms with van der Waals surface area (Å²) in [5.74, 6) is 0.876. The Bertz CT molecular complexity index is 768. The van der Waals surface area contributed by atoms with E-state index >= 15 is 0 Å². The highest BCUT2D eigenvalue weighted by Gasteiger charge is 2.04. The van der Waals surface area contributed by atoms with Gasteiger partial charge in [0.1, 0.15) is 12.4 Å². The summed E-state index contributed by atoms with van der Waals surface area (Å²) in [6.07, 6.45) is 7.50. The van der Waals surface area contributed by atoms with Gasteiger partial charge in [-0.15, -0.1) is 0 Å². The number of nitrogens with one attached hydrogen (secondary N) is 1. The second kappa shape index (κ2) is 8.44. The van der Waals surface area contributed by atoms with Crippen molar-refractivity contribution in [2.45, 2.75) is 39.6 Å². The highest BCUT2D eigenvalue weighted by molar-refractivity contribution is 5.27. The van der Waals surface area contributed by atoms with Crippen molar-refractivity contribution >= 4 is 0 Å². The summed E-state index contributed by atoms with van der Waals surface area (Å²) in [7, 11) is 0. The Morgan fingerprint density at radius 2 is 1.84 bits per heavy atom. The van der Waals surface area contributed by atoms with Gasteiger partial charge in [0.15, 0.2) is 0 Å². The summed E-state index contributed by atoms with van der Waals surface area (Å²) < 4.78 is 7.77. The zero-order chi connectivity index (χ0) is 17.5. The van der Waals surface area contributed by atoms with Crippen LogP contribution in [0.15, 0.2) is 61.2 Å². The molecule has 3 rings (SSSR count). The van der Waals surface area contributed by atoms with E-state index in [1.807, 2.05) is 35.1 Å². The van der Waals surface area contributed by atoms with Gasteiger partial charge in [-0.1, -0.05) is 12.1 Å². The molecule has 0 radical (unpaired) electrons. The number of pyridine rings is 1. The second-order valence-corrected chi connectivity index (χ2v) is 6.31. The zero-order valence-electron chi connectivity index (χ0n) is 14.7. The van der Waals surface area contributed by atoms with E-state index in [1.54, 1.807) is 12.4 Å². The highest BCUT2D eigenvalue weighted by atomic mass is 16.5. The van der Waals surface area contributed by atoms with E-state index in [1.165, 1.54) is 11.1 Å². The van der Waals surface area contributed by atoms with E-state index in [0.717, 1.165) is 24.4 Å². The molecule has 1 atom stereocenters. The topological polar surface area (TPSA) is 52.0 Å². The van der Waals surface area contributed by atoms with E-state index in [0.29, 0.717) is 12.6 Å². The van der Waals surface area contributed by atoms with Gasteiger partial charge < -0.3 is 10.1 Å². The van der Waals surface area contributed by atoms with Crippen molar-refractivity contribution < 1.29 is 4.74 Å². The van der Waals surface area contributed by atoms with Gasteiger partial charge in [-0.05, 0) is 54.8 Å². The Labute approximate surface area is 148 Å². The third kappa shape index (κ3) is 5.43. The molecule has 0 spiro atoms. The quantitative estimate of drug-likeness (QED) is 0.685. The maximum Gasteiger partial charge on any atom is 0.119 e. The van der Waals surface area contributed by atoms with Crippen LogP contribution in [-0.4, -0.2) is 20.8 Å². The molecule has 1 aromatic carbocycles. The first kappa shape index (κ1) is 17.2. The van der Waals surface area contributed by atoms with Crippen LogP contribution in [0.4, 0.5) is 0 Å². The van der Waals surface area contributed by atoms with Crippen molar-refractivity contribution in [3.8, 4) is 5.75 Å². The van der Waals surface area contributed by atoms with Crippen LogP contribution >= 0.6 is 0 Å². The maximum absolute atomic E-state index is 5.79. The number of hydrogen-bond donors (Lipinski definition) is 1. The largest absolute Gasteiger partial charge is 0.489 e. The first-order chi connectivity index (χ1) is 12.2. The van der Waals surface area contributed by atoms with E-state index in [4.69, 9.17) is 4.74 Å². The van der Waals surface area contributed by atoms with Crippen molar-refractivity contribution in [3.05, 3.63) is 77.9 Å². The first-order valence-corrected chi connectivity index (χ1v) is 8.52. The SMILES string of the molecule is Cc1cnn(C[C@H](C)NCc2ccc(OCc3ccncc3)cc2)c1. The van der Waals surface area contributed by atoms with Gasteiger partial charge in [0, 0.05) is 31.2 Å². The van der Waals surface area contributed by atoms with Crippen LogP contribution in [0.2, 0.25) is 0 Å². The molecule has 1 N–H and O–H groups in total. The van der Waals surface area contributed by atoms with Gasteiger partial charge in [0.25, 0.3) is 0 Å². The predicted molar refractivity (Wildman–Crippen MR) is 98.3 cm³/mol. The third-order valence-corrected chi connectivity index (χ3v) is 3.96. The van der Waals surface area contributed by atoms with Crippen molar-refractivity contribution in [2.75, 3.05) is 0 Å². The molecule has 5 nitrogen and oxygen atoms in total. The van der Waals surface area contributed by atoms with Gasteiger partial charge in [-0.2, -0.15) is 5.10 Å². The van der Waals surface area contributed by atoms with Crippen LogP contribution in [-0.2, 0) is 19.7 Å².